The standard InChI is InChI=1S/C13H20N2OS/c1-9-7-10(17-13(2,3)4)5-6-11(9)15-12(16)8-14/h5-7H,8,14H2,1-4H3,(H,15,16). The van der Waals surface area contributed by atoms with E-state index < -0.39 is 0 Å². The molecule has 94 valence electrons. The van der Waals surface area contributed by atoms with Gasteiger partial charge in [-0.1, -0.05) is 20.8 Å². The van der Waals surface area contributed by atoms with Crippen molar-refractivity contribution in [1.82, 2.24) is 0 Å². The van der Waals surface area contributed by atoms with Crippen molar-refractivity contribution >= 4 is 23.4 Å². The smallest absolute Gasteiger partial charge is 0.238 e. The Balaban J connectivity index is 2.83. The normalized spacial score (nSPS) is 11.4. The van der Waals surface area contributed by atoms with Crippen LogP contribution in [0.15, 0.2) is 23.1 Å². The lowest BCUT2D eigenvalue weighted by Crippen LogP contribution is -2.22. The second-order valence-corrected chi connectivity index (χ2v) is 6.84. The summed E-state index contributed by atoms with van der Waals surface area (Å²) in [5.41, 5.74) is 7.16. The second kappa shape index (κ2) is 5.56. The number of nitrogens with one attached hydrogen (secondary N) is 1. The molecule has 0 saturated carbocycles. The lowest BCUT2D eigenvalue weighted by Gasteiger charge is -2.18. The van der Waals surface area contributed by atoms with E-state index in [1.54, 1.807) is 0 Å². The first-order valence-corrected chi connectivity index (χ1v) is 6.43. The van der Waals surface area contributed by atoms with E-state index in [1.807, 2.05) is 30.8 Å². The van der Waals surface area contributed by atoms with E-state index in [0.29, 0.717) is 0 Å². The maximum Gasteiger partial charge on any atom is 0.238 e. The highest BCUT2D eigenvalue weighted by Gasteiger charge is 2.12. The molecule has 1 rings (SSSR count). The van der Waals surface area contributed by atoms with Gasteiger partial charge in [-0.05, 0) is 30.7 Å². The fourth-order valence-electron chi connectivity index (χ4n) is 1.39. The van der Waals surface area contributed by atoms with Gasteiger partial charge in [-0.2, -0.15) is 0 Å². The Morgan fingerprint density at radius 1 is 1.41 bits per heavy atom. The number of anilines is 1. The highest BCUT2D eigenvalue weighted by Crippen LogP contribution is 2.33. The second-order valence-electron chi connectivity index (χ2n) is 4.94. The van der Waals surface area contributed by atoms with E-state index >= 15 is 0 Å². The Labute approximate surface area is 107 Å². The monoisotopic (exact) mass is 252 g/mol. The molecule has 0 spiro atoms. The average molecular weight is 252 g/mol. The summed E-state index contributed by atoms with van der Waals surface area (Å²) in [7, 11) is 0. The van der Waals surface area contributed by atoms with Gasteiger partial charge in [-0.25, -0.2) is 0 Å². The number of rotatable bonds is 3. The van der Waals surface area contributed by atoms with Gasteiger partial charge in [0.15, 0.2) is 0 Å². The Morgan fingerprint density at radius 3 is 2.53 bits per heavy atom. The zero-order valence-corrected chi connectivity index (χ0v) is 11.6. The molecule has 0 bridgehead atoms. The van der Waals surface area contributed by atoms with Gasteiger partial charge >= 0.3 is 0 Å². The lowest BCUT2D eigenvalue weighted by atomic mass is 10.2. The summed E-state index contributed by atoms with van der Waals surface area (Å²) in [6, 6.07) is 6.04. The zero-order valence-electron chi connectivity index (χ0n) is 10.8. The minimum Gasteiger partial charge on any atom is -0.325 e. The zero-order chi connectivity index (χ0) is 13.1. The summed E-state index contributed by atoms with van der Waals surface area (Å²) in [6.45, 7) is 8.53. The number of benzene rings is 1. The van der Waals surface area contributed by atoms with Crippen LogP contribution in [0, 0.1) is 6.92 Å². The molecule has 4 heteroatoms. The van der Waals surface area contributed by atoms with Crippen molar-refractivity contribution in [1.29, 1.82) is 0 Å². The van der Waals surface area contributed by atoms with Crippen LogP contribution < -0.4 is 11.1 Å². The number of amides is 1. The quantitative estimate of drug-likeness (QED) is 0.813. The molecule has 1 aromatic rings. The Morgan fingerprint density at radius 2 is 2.06 bits per heavy atom. The molecule has 0 aliphatic rings. The fraction of sp³-hybridized carbons (Fsp3) is 0.462. The highest BCUT2D eigenvalue weighted by atomic mass is 32.2. The van der Waals surface area contributed by atoms with Crippen molar-refractivity contribution in [2.24, 2.45) is 5.73 Å². The molecule has 0 atom stereocenters. The molecular weight excluding hydrogens is 232 g/mol. The van der Waals surface area contributed by atoms with Gasteiger partial charge < -0.3 is 11.1 Å². The fourth-order valence-corrected chi connectivity index (χ4v) is 2.47. The topological polar surface area (TPSA) is 55.1 Å². The van der Waals surface area contributed by atoms with Gasteiger partial charge in [0.05, 0.1) is 6.54 Å². The Hall–Kier alpha value is -1.00. The van der Waals surface area contributed by atoms with Gasteiger partial charge in [-0.15, -0.1) is 11.8 Å². The molecule has 3 nitrogen and oxygen atoms in total. The number of thioether (sulfide) groups is 1. The van der Waals surface area contributed by atoms with E-state index in [9.17, 15) is 4.79 Å². The third kappa shape index (κ3) is 4.79. The van der Waals surface area contributed by atoms with Gasteiger partial charge in [0, 0.05) is 15.3 Å². The molecular formula is C13H20N2OS. The molecule has 1 aromatic carbocycles. The number of hydrogen-bond donors (Lipinski definition) is 2. The van der Waals surface area contributed by atoms with Crippen LogP contribution in [0.5, 0.6) is 0 Å². The van der Waals surface area contributed by atoms with E-state index in [2.05, 4.69) is 32.2 Å². The molecule has 1 amide bonds. The van der Waals surface area contributed by atoms with Crippen molar-refractivity contribution in [3.63, 3.8) is 0 Å². The largest absolute Gasteiger partial charge is 0.325 e. The molecule has 0 heterocycles. The predicted octanol–water partition coefficient (Wildman–Crippen LogP) is 2.78. The first-order chi connectivity index (χ1) is 7.81. The maximum absolute atomic E-state index is 11.2. The third-order valence-electron chi connectivity index (χ3n) is 2.08. The number of carbonyl (C=O) groups is 1. The van der Waals surface area contributed by atoms with Crippen LogP contribution in [0.2, 0.25) is 0 Å². The van der Waals surface area contributed by atoms with Crippen molar-refractivity contribution in [3.05, 3.63) is 23.8 Å². The molecule has 0 radical (unpaired) electrons. The van der Waals surface area contributed by atoms with Gasteiger partial charge in [0.1, 0.15) is 0 Å². The molecule has 0 aromatic heterocycles. The summed E-state index contributed by atoms with van der Waals surface area (Å²) >= 11 is 1.81. The summed E-state index contributed by atoms with van der Waals surface area (Å²) in [4.78, 5) is 12.4. The molecule has 3 N–H and O–H groups in total. The summed E-state index contributed by atoms with van der Waals surface area (Å²) in [5.74, 6) is -0.163. The van der Waals surface area contributed by atoms with Crippen LogP contribution in [0.25, 0.3) is 0 Å². The first-order valence-electron chi connectivity index (χ1n) is 5.61. The van der Waals surface area contributed by atoms with Crippen LogP contribution in [0.1, 0.15) is 26.3 Å². The Kier molecular flexibility index (Phi) is 4.60. The molecule has 0 saturated heterocycles. The summed E-state index contributed by atoms with van der Waals surface area (Å²) in [5, 5.41) is 2.78. The average Bonchev–Trinajstić information content (AvgIpc) is 2.19. The van der Waals surface area contributed by atoms with Crippen molar-refractivity contribution < 1.29 is 4.79 Å². The van der Waals surface area contributed by atoms with E-state index in [0.717, 1.165) is 11.3 Å². The van der Waals surface area contributed by atoms with Crippen molar-refractivity contribution in [3.8, 4) is 0 Å². The maximum atomic E-state index is 11.2. The molecule has 17 heavy (non-hydrogen) atoms. The number of nitrogens with two attached hydrogens (primary N) is 1. The van der Waals surface area contributed by atoms with Crippen LogP contribution in [-0.2, 0) is 4.79 Å². The minimum absolute atomic E-state index is 0.0118. The van der Waals surface area contributed by atoms with Crippen LogP contribution in [-0.4, -0.2) is 17.2 Å². The van der Waals surface area contributed by atoms with E-state index in [4.69, 9.17) is 5.73 Å². The van der Waals surface area contributed by atoms with Crippen LogP contribution in [0.4, 0.5) is 5.69 Å². The van der Waals surface area contributed by atoms with Gasteiger partial charge in [0.2, 0.25) is 5.91 Å². The number of carbonyl (C=O) groups excluding carboxylic acids is 1. The van der Waals surface area contributed by atoms with Crippen LogP contribution >= 0.6 is 11.8 Å². The molecule has 0 fully saturated rings. The first kappa shape index (κ1) is 14.1. The Bertz CT molecular complexity index is 410. The van der Waals surface area contributed by atoms with Crippen molar-refractivity contribution in [2.75, 3.05) is 11.9 Å². The molecule has 0 aliphatic carbocycles. The number of aryl methyl sites for hydroxylation is 1. The van der Waals surface area contributed by atoms with Crippen LogP contribution in [0.3, 0.4) is 0 Å². The summed E-state index contributed by atoms with van der Waals surface area (Å²) < 4.78 is 0.189. The summed E-state index contributed by atoms with van der Waals surface area (Å²) in [6.07, 6.45) is 0. The lowest BCUT2D eigenvalue weighted by molar-refractivity contribution is -0.114. The highest BCUT2D eigenvalue weighted by molar-refractivity contribution is 8.00. The number of hydrogen-bond acceptors (Lipinski definition) is 3. The predicted molar refractivity (Wildman–Crippen MR) is 74.5 cm³/mol. The third-order valence-corrected chi connectivity index (χ3v) is 3.18. The van der Waals surface area contributed by atoms with Crippen molar-refractivity contribution in [2.45, 2.75) is 37.3 Å². The van der Waals surface area contributed by atoms with E-state index in [-0.39, 0.29) is 17.2 Å². The minimum atomic E-state index is -0.163. The van der Waals surface area contributed by atoms with E-state index in [1.165, 1.54) is 4.90 Å². The molecule has 0 unspecified atom stereocenters. The SMILES string of the molecule is Cc1cc(SC(C)(C)C)ccc1NC(=O)CN. The molecule has 0 aliphatic heterocycles. The van der Waals surface area contributed by atoms with Gasteiger partial charge in [0.25, 0.3) is 0 Å². The van der Waals surface area contributed by atoms with Gasteiger partial charge in [-0.3, -0.25) is 4.79 Å².